The molecule has 1 heterocycles. The van der Waals surface area contributed by atoms with Crippen LogP contribution in [0.2, 0.25) is 0 Å². The smallest absolute Gasteiger partial charge is 0.407 e. The number of methoxy groups -OCH3 is 2. The molecule has 128 valence electrons. The normalized spacial score (nSPS) is 11.5. The fourth-order valence-corrected chi connectivity index (χ4v) is 3.18. The molecule has 2 aromatic rings. The van der Waals surface area contributed by atoms with Crippen LogP contribution in [0, 0.1) is 0 Å². The van der Waals surface area contributed by atoms with E-state index in [2.05, 4.69) is 10.1 Å². The molecule has 24 heavy (non-hydrogen) atoms. The Bertz CT molecular complexity index is 710. The number of amides is 1. The summed E-state index contributed by atoms with van der Waals surface area (Å²) in [6.45, 7) is 0. The van der Waals surface area contributed by atoms with Gasteiger partial charge in [0.1, 0.15) is 0 Å². The number of anilines is 1. The SMILES string of the molecule is COC(=O)N[C@@H](C(=O)OC)c1ccc(-c2ccc(N(C)C)cc2)s1. The third-order valence-corrected chi connectivity index (χ3v) is 4.66. The second-order valence-corrected chi connectivity index (χ2v) is 6.35. The molecule has 0 aliphatic carbocycles. The maximum Gasteiger partial charge on any atom is 0.407 e. The molecule has 1 aromatic heterocycles. The zero-order valence-electron chi connectivity index (χ0n) is 14.0. The summed E-state index contributed by atoms with van der Waals surface area (Å²) in [5.41, 5.74) is 2.15. The number of hydrogen-bond donors (Lipinski definition) is 1. The number of nitrogens with one attached hydrogen (secondary N) is 1. The van der Waals surface area contributed by atoms with Gasteiger partial charge in [0.2, 0.25) is 0 Å². The van der Waals surface area contributed by atoms with E-state index in [0.717, 1.165) is 16.1 Å². The molecule has 0 saturated carbocycles. The summed E-state index contributed by atoms with van der Waals surface area (Å²) >= 11 is 1.42. The predicted molar refractivity (Wildman–Crippen MR) is 94.4 cm³/mol. The summed E-state index contributed by atoms with van der Waals surface area (Å²) < 4.78 is 9.33. The van der Waals surface area contributed by atoms with E-state index in [0.29, 0.717) is 4.88 Å². The molecule has 0 aliphatic rings. The molecule has 2 rings (SSSR count). The Morgan fingerprint density at radius 1 is 1.04 bits per heavy atom. The number of carbonyl (C=O) groups excluding carboxylic acids is 2. The largest absolute Gasteiger partial charge is 0.467 e. The van der Waals surface area contributed by atoms with Crippen LogP contribution >= 0.6 is 11.3 Å². The number of carbonyl (C=O) groups is 2. The van der Waals surface area contributed by atoms with E-state index in [1.54, 1.807) is 6.07 Å². The zero-order valence-corrected chi connectivity index (χ0v) is 14.8. The number of esters is 1. The minimum Gasteiger partial charge on any atom is -0.467 e. The van der Waals surface area contributed by atoms with E-state index in [4.69, 9.17) is 4.74 Å². The highest BCUT2D eigenvalue weighted by atomic mass is 32.1. The molecule has 0 saturated heterocycles. The van der Waals surface area contributed by atoms with Gasteiger partial charge in [-0.05, 0) is 29.8 Å². The van der Waals surface area contributed by atoms with Crippen LogP contribution in [0.3, 0.4) is 0 Å². The number of thiophene rings is 1. The van der Waals surface area contributed by atoms with Crippen molar-refractivity contribution in [2.45, 2.75) is 6.04 Å². The second kappa shape index (κ2) is 7.83. The molecular formula is C17H20N2O4S. The Labute approximate surface area is 145 Å². The number of nitrogens with zero attached hydrogens (tertiary/aromatic N) is 1. The van der Waals surface area contributed by atoms with Gasteiger partial charge in [0, 0.05) is 29.5 Å². The van der Waals surface area contributed by atoms with Crippen molar-refractivity contribution in [3.63, 3.8) is 0 Å². The minimum absolute atomic E-state index is 0.545. The zero-order chi connectivity index (χ0) is 17.7. The van der Waals surface area contributed by atoms with Crippen molar-refractivity contribution >= 4 is 29.1 Å². The van der Waals surface area contributed by atoms with E-state index >= 15 is 0 Å². The molecule has 7 heteroatoms. The monoisotopic (exact) mass is 348 g/mol. The molecule has 6 nitrogen and oxygen atoms in total. The van der Waals surface area contributed by atoms with Crippen molar-refractivity contribution in [3.05, 3.63) is 41.3 Å². The Hall–Kier alpha value is -2.54. The minimum atomic E-state index is -0.887. The van der Waals surface area contributed by atoms with Gasteiger partial charge in [-0.25, -0.2) is 9.59 Å². The van der Waals surface area contributed by atoms with E-state index in [9.17, 15) is 9.59 Å². The number of ether oxygens (including phenoxy) is 2. The summed E-state index contributed by atoms with van der Waals surface area (Å²) in [7, 11) is 6.49. The molecule has 0 bridgehead atoms. The fraction of sp³-hybridized carbons (Fsp3) is 0.294. The lowest BCUT2D eigenvalue weighted by atomic mass is 10.1. The van der Waals surface area contributed by atoms with Crippen molar-refractivity contribution in [2.24, 2.45) is 0 Å². The van der Waals surface area contributed by atoms with Gasteiger partial charge in [-0.3, -0.25) is 0 Å². The second-order valence-electron chi connectivity index (χ2n) is 5.24. The van der Waals surface area contributed by atoms with Crippen molar-refractivity contribution in [1.82, 2.24) is 5.32 Å². The number of hydrogen-bond acceptors (Lipinski definition) is 6. The van der Waals surface area contributed by atoms with Crippen molar-refractivity contribution < 1.29 is 19.1 Å². The fourth-order valence-electron chi connectivity index (χ4n) is 2.13. The van der Waals surface area contributed by atoms with Crippen LogP contribution in [0.25, 0.3) is 10.4 Å². The van der Waals surface area contributed by atoms with Crippen LogP contribution in [0.4, 0.5) is 10.5 Å². The summed E-state index contributed by atoms with van der Waals surface area (Å²) in [6, 6.07) is 10.9. The van der Waals surface area contributed by atoms with E-state index in [1.165, 1.54) is 25.6 Å². The van der Waals surface area contributed by atoms with Crippen LogP contribution < -0.4 is 10.2 Å². The number of rotatable bonds is 5. The first-order valence-electron chi connectivity index (χ1n) is 7.26. The van der Waals surface area contributed by atoms with Gasteiger partial charge in [0.05, 0.1) is 14.2 Å². The quantitative estimate of drug-likeness (QED) is 0.841. The average molecular weight is 348 g/mol. The van der Waals surface area contributed by atoms with Gasteiger partial charge in [0.25, 0.3) is 0 Å². The average Bonchev–Trinajstić information content (AvgIpc) is 3.08. The maximum atomic E-state index is 11.9. The van der Waals surface area contributed by atoms with Gasteiger partial charge >= 0.3 is 12.1 Å². The molecular weight excluding hydrogens is 328 g/mol. The topological polar surface area (TPSA) is 67.9 Å². The first kappa shape index (κ1) is 17.8. The molecule has 1 atom stereocenters. The lowest BCUT2D eigenvalue weighted by Gasteiger charge is -2.14. The van der Waals surface area contributed by atoms with Crippen LogP contribution in [0.5, 0.6) is 0 Å². The summed E-state index contributed by atoms with van der Waals surface area (Å²) in [5.74, 6) is -0.545. The van der Waals surface area contributed by atoms with Gasteiger partial charge in [0.15, 0.2) is 6.04 Å². The summed E-state index contributed by atoms with van der Waals surface area (Å²) in [6.07, 6.45) is -0.685. The molecule has 0 spiro atoms. The number of alkyl carbamates (subject to hydrolysis) is 1. The first-order chi connectivity index (χ1) is 11.5. The van der Waals surface area contributed by atoms with Gasteiger partial charge in [-0.15, -0.1) is 11.3 Å². The predicted octanol–water partition coefficient (Wildman–Crippen LogP) is 3.05. The van der Waals surface area contributed by atoms with E-state index in [1.807, 2.05) is 49.3 Å². The molecule has 0 aliphatic heterocycles. The summed E-state index contributed by atoms with van der Waals surface area (Å²) in [4.78, 5) is 27.1. The molecule has 0 unspecified atom stereocenters. The molecule has 1 N–H and O–H groups in total. The highest BCUT2D eigenvalue weighted by Gasteiger charge is 2.25. The van der Waals surface area contributed by atoms with Crippen LogP contribution in [-0.2, 0) is 14.3 Å². The van der Waals surface area contributed by atoms with Crippen molar-refractivity contribution in [3.8, 4) is 10.4 Å². The molecule has 1 amide bonds. The van der Waals surface area contributed by atoms with Gasteiger partial charge in [-0.1, -0.05) is 12.1 Å². The third-order valence-electron chi connectivity index (χ3n) is 3.46. The Morgan fingerprint density at radius 2 is 1.71 bits per heavy atom. The Morgan fingerprint density at radius 3 is 2.25 bits per heavy atom. The van der Waals surface area contributed by atoms with E-state index < -0.39 is 18.1 Å². The molecule has 1 aromatic carbocycles. The lowest BCUT2D eigenvalue weighted by Crippen LogP contribution is -2.33. The Balaban J connectivity index is 2.26. The highest BCUT2D eigenvalue weighted by Crippen LogP contribution is 2.32. The standard InChI is InChI=1S/C17H20N2O4S/c1-19(2)12-7-5-11(6-8-12)13-9-10-14(24-13)15(16(20)22-3)18-17(21)23-4/h5-10,15H,1-4H3,(H,18,21)/t15-/m1/s1. The molecule has 0 radical (unpaired) electrons. The third kappa shape index (κ3) is 4.05. The Kier molecular flexibility index (Phi) is 5.81. The van der Waals surface area contributed by atoms with Crippen LogP contribution in [-0.4, -0.2) is 40.4 Å². The number of benzene rings is 1. The van der Waals surface area contributed by atoms with Gasteiger partial charge in [-0.2, -0.15) is 0 Å². The molecule has 0 fully saturated rings. The summed E-state index contributed by atoms with van der Waals surface area (Å²) in [5, 5.41) is 2.49. The van der Waals surface area contributed by atoms with Crippen LogP contribution in [0.15, 0.2) is 36.4 Å². The van der Waals surface area contributed by atoms with Gasteiger partial charge < -0.3 is 19.7 Å². The van der Waals surface area contributed by atoms with Crippen LogP contribution in [0.1, 0.15) is 10.9 Å². The van der Waals surface area contributed by atoms with Crippen molar-refractivity contribution in [1.29, 1.82) is 0 Å². The lowest BCUT2D eigenvalue weighted by molar-refractivity contribution is -0.143. The van der Waals surface area contributed by atoms with Crippen molar-refractivity contribution in [2.75, 3.05) is 33.2 Å². The highest BCUT2D eigenvalue weighted by molar-refractivity contribution is 7.15. The van der Waals surface area contributed by atoms with E-state index in [-0.39, 0.29) is 0 Å². The first-order valence-corrected chi connectivity index (χ1v) is 8.07. The maximum absolute atomic E-state index is 11.9.